The summed E-state index contributed by atoms with van der Waals surface area (Å²) in [5.74, 6) is 0.959. The van der Waals surface area contributed by atoms with Gasteiger partial charge in [0.1, 0.15) is 31.9 Å². The Morgan fingerprint density at radius 2 is 1.20 bits per heavy atom. The average molecular weight is 530 g/mol. The lowest BCUT2D eigenvalue weighted by Crippen LogP contribution is -2.35. The molecule has 0 radical (unpaired) electrons. The van der Waals surface area contributed by atoms with E-state index in [1.54, 1.807) is 7.11 Å². The number of imidazole rings is 2. The Hall–Kier alpha value is -4.45. The number of hydrogen-bond donors (Lipinski definition) is 0. The van der Waals surface area contributed by atoms with E-state index in [1.807, 2.05) is 0 Å². The van der Waals surface area contributed by atoms with Crippen LogP contribution in [0.5, 0.6) is 5.75 Å². The van der Waals surface area contributed by atoms with Crippen LogP contribution in [0.2, 0.25) is 0 Å². The molecule has 6 aromatic rings. The minimum atomic E-state index is 0.00232. The van der Waals surface area contributed by atoms with Crippen LogP contribution < -0.4 is 13.9 Å². The Bertz CT molecular complexity index is 1770. The molecule has 0 unspecified atom stereocenters. The topological polar surface area (TPSA) is 39.7 Å². The largest absolute Gasteiger partial charge is 0.496 e. The number of para-hydroxylation sites is 4. The van der Waals surface area contributed by atoms with E-state index in [4.69, 9.17) is 9.72 Å². The van der Waals surface area contributed by atoms with E-state index < -0.39 is 0 Å². The molecule has 3 aromatic heterocycles. The number of benzene rings is 3. The Balaban J connectivity index is 1.50. The molecule has 7 rings (SSSR count). The van der Waals surface area contributed by atoms with Crippen molar-refractivity contribution in [1.82, 2.24) is 14.1 Å². The van der Waals surface area contributed by atoms with Crippen LogP contribution in [0.25, 0.3) is 22.1 Å². The van der Waals surface area contributed by atoms with Gasteiger partial charge < -0.3 is 4.74 Å². The summed E-state index contributed by atoms with van der Waals surface area (Å²) in [6.45, 7) is 9.70. The van der Waals surface area contributed by atoms with Gasteiger partial charge in [0.25, 0.3) is 0 Å². The zero-order chi connectivity index (χ0) is 27.4. The van der Waals surface area contributed by atoms with E-state index in [-0.39, 0.29) is 5.41 Å². The highest BCUT2D eigenvalue weighted by Crippen LogP contribution is 2.32. The molecule has 0 aliphatic carbocycles. The minimum Gasteiger partial charge on any atom is -0.496 e. The molecule has 1 aliphatic heterocycles. The van der Waals surface area contributed by atoms with E-state index in [9.17, 15) is 0 Å². The maximum absolute atomic E-state index is 6.19. The van der Waals surface area contributed by atoms with Gasteiger partial charge in [-0.3, -0.25) is 0 Å². The Kier molecular flexibility index (Phi) is 5.74. The normalized spacial score (nSPS) is 13.6. The number of methoxy groups -OCH3 is 1. The van der Waals surface area contributed by atoms with Crippen LogP contribution in [0.15, 0.2) is 91.5 Å². The van der Waals surface area contributed by atoms with E-state index in [2.05, 4.69) is 131 Å². The molecule has 0 saturated carbocycles. The molecule has 8 bridgehead atoms. The number of rotatable bonds is 1. The van der Waals surface area contributed by atoms with Gasteiger partial charge in [-0.05, 0) is 59.5 Å². The van der Waals surface area contributed by atoms with Crippen molar-refractivity contribution in [2.24, 2.45) is 0 Å². The summed E-state index contributed by atoms with van der Waals surface area (Å²) in [4.78, 5) is 5.09. The van der Waals surface area contributed by atoms with Crippen LogP contribution in [0.4, 0.5) is 0 Å². The smallest absolute Gasteiger partial charge is 0.245 e. The van der Waals surface area contributed by atoms with Crippen LogP contribution >= 0.6 is 0 Å². The number of fused-ring (bicyclic) bond motifs is 14. The first-order chi connectivity index (χ1) is 19.4. The predicted octanol–water partition coefficient (Wildman–Crippen LogP) is 5.38. The number of nitrogens with zero attached hydrogens (tertiary/aromatic N) is 5. The molecular formula is C34H35N5O+2. The lowest BCUT2D eigenvalue weighted by molar-refractivity contribution is -0.664. The first kappa shape index (κ1) is 24.6. The second-order valence-electron chi connectivity index (χ2n) is 11.9. The molecule has 0 N–H and O–H groups in total. The molecule has 0 atom stereocenters. The van der Waals surface area contributed by atoms with Crippen molar-refractivity contribution >= 4 is 22.1 Å². The van der Waals surface area contributed by atoms with Gasteiger partial charge in [0, 0.05) is 11.1 Å². The van der Waals surface area contributed by atoms with Crippen molar-refractivity contribution in [2.45, 2.75) is 52.4 Å². The van der Waals surface area contributed by atoms with Gasteiger partial charge >= 0.3 is 0 Å². The Morgan fingerprint density at radius 1 is 0.700 bits per heavy atom. The van der Waals surface area contributed by atoms with Gasteiger partial charge in [-0.15, -0.1) is 0 Å². The number of ether oxygens (including phenoxy) is 1. The van der Waals surface area contributed by atoms with Crippen LogP contribution in [0.3, 0.4) is 0 Å². The number of aromatic nitrogens is 5. The van der Waals surface area contributed by atoms with E-state index in [1.165, 1.54) is 38.8 Å². The second-order valence-corrected chi connectivity index (χ2v) is 11.9. The molecular weight excluding hydrogens is 494 g/mol. The second kappa shape index (κ2) is 9.33. The highest BCUT2D eigenvalue weighted by Gasteiger charge is 2.25. The molecule has 0 amide bonds. The van der Waals surface area contributed by atoms with Gasteiger partial charge in [0.05, 0.1) is 18.5 Å². The Labute approximate surface area is 234 Å². The fraction of sp³-hybridized carbons (Fsp3) is 0.265. The third-order valence-corrected chi connectivity index (χ3v) is 8.08. The molecule has 3 aromatic carbocycles. The predicted molar refractivity (Wildman–Crippen MR) is 157 cm³/mol. The van der Waals surface area contributed by atoms with Crippen LogP contribution in [0, 0.1) is 0 Å². The summed E-state index contributed by atoms with van der Waals surface area (Å²) >= 11 is 0. The average Bonchev–Trinajstić information content (AvgIpc) is 3.46. The summed E-state index contributed by atoms with van der Waals surface area (Å²) < 4.78 is 15.5. The van der Waals surface area contributed by atoms with Crippen molar-refractivity contribution < 1.29 is 13.9 Å². The van der Waals surface area contributed by atoms with Gasteiger partial charge in [-0.1, -0.05) is 51.1 Å². The Morgan fingerprint density at radius 3 is 1.68 bits per heavy atom. The number of pyridine rings is 1. The molecule has 6 heteroatoms. The van der Waals surface area contributed by atoms with Crippen LogP contribution in [0.1, 0.15) is 48.8 Å². The maximum Gasteiger partial charge on any atom is 0.245 e. The van der Waals surface area contributed by atoms with Gasteiger partial charge in [-0.25, -0.2) is 23.3 Å². The molecule has 200 valence electrons. The van der Waals surface area contributed by atoms with Crippen LogP contribution in [-0.2, 0) is 31.6 Å². The quantitative estimate of drug-likeness (QED) is 0.268. The van der Waals surface area contributed by atoms with Gasteiger partial charge in [-0.2, -0.15) is 0 Å². The summed E-state index contributed by atoms with van der Waals surface area (Å²) in [5, 5.41) is 0. The van der Waals surface area contributed by atoms with Crippen molar-refractivity contribution in [2.75, 3.05) is 7.11 Å². The van der Waals surface area contributed by atoms with E-state index in [0.717, 1.165) is 17.1 Å². The minimum absolute atomic E-state index is 0.00232. The zero-order valence-corrected chi connectivity index (χ0v) is 23.6. The maximum atomic E-state index is 6.19. The molecule has 40 heavy (non-hydrogen) atoms. The lowest BCUT2D eigenvalue weighted by atomic mass is 9.84. The first-order valence-electron chi connectivity index (χ1n) is 14.0. The standard InChI is InChI=1S/C34H35N5O/c1-34(2,3)26-16-24-18-36-22-38(31-14-7-5-12-29(31)36)20-27-10-9-11-28(35-27)21-39-23-37(19-25(17-26)33(24)40-4)30-13-6-8-15-32(30)39/h5-17,22-23H,18-21H2,1-4H3/q+2. The first-order valence-corrected chi connectivity index (χ1v) is 14.0. The lowest BCUT2D eigenvalue weighted by Gasteiger charge is -2.23. The molecule has 0 fully saturated rings. The summed E-state index contributed by atoms with van der Waals surface area (Å²) in [7, 11) is 1.80. The molecule has 6 nitrogen and oxygen atoms in total. The van der Waals surface area contributed by atoms with E-state index >= 15 is 0 Å². The fourth-order valence-corrected chi connectivity index (χ4v) is 6.10. The van der Waals surface area contributed by atoms with Crippen molar-refractivity contribution in [3.05, 3.63) is 120 Å². The molecule has 0 saturated heterocycles. The van der Waals surface area contributed by atoms with Crippen molar-refractivity contribution in [3.8, 4) is 5.75 Å². The summed E-state index contributed by atoms with van der Waals surface area (Å²) in [6.07, 6.45) is 4.46. The molecule has 1 aliphatic rings. The van der Waals surface area contributed by atoms with Crippen LogP contribution in [-0.4, -0.2) is 21.2 Å². The number of hydrogen-bond acceptors (Lipinski definition) is 2. The summed E-state index contributed by atoms with van der Waals surface area (Å²) in [6, 6.07) is 28.3. The third-order valence-electron chi connectivity index (χ3n) is 8.08. The van der Waals surface area contributed by atoms with Crippen molar-refractivity contribution in [3.63, 3.8) is 0 Å². The van der Waals surface area contributed by atoms with E-state index in [0.29, 0.717) is 26.2 Å². The zero-order valence-electron chi connectivity index (χ0n) is 23.6. The summed E-state index contributed by atoms with van der Waals surface area (Å²) in [5.41, 5.74) is 10.6. The fourth-order valence-electron chi connectivity index (χ4n) is 6.10. The molecule has 0 spiro atoms. The monoisotopic (exact) mass is 529 g/mol. The highest BCUT2D eigenvalue weighted by molar-refractivity contribution is 5.72. The van der Waals surface area contributed by atoms with Gasteiger partial charge in [0.15, 0.2) is 22.1 Å². The SMILES string of the molecule is COc1c2cc(C(C)(C)C)cc1C[n+]1cn(c3ccccc31)Cc1cccc(n1)Cn1c[n+](c3ccccc31)C2. The van der Waals surface area contributed by atoms with Crippen molar-refractivity contribution in [1.29, 1.82) is 0 Å². The third kappa shape index (κ3) is 4.24. The van der Waals surface area contributed by atoms with Gasteiger partial charge in [0.2, 0.25) is 12.7 Å². The molecule has 4 heterocycles. The highest BCUT2D eigenvalue weighted by atomic mass is 16.5.